The van der Waals surface area contributed by atoms with Crippen LogP contribution in [0, 0.1) is 0 Å². The first-order chi connectivity index (χ1) is 12.8. The number of carbonyl (C=O) groups is 2. The van der Waals surface area contributed by atoms with Crippen molar-refractivity contribution in [2.75, 3.05) is 24.5 Å². The molecule has 142 valence electrons. The first-order valence-corrected chi connectivity index (χ1v) is 9.43. The van der Waals surface area contributed by atoms with E-state index in [9.17, 15) is 9.59 Å². The van der Waals surface area contributed by atoms with Gasteiger partial charge in [-0.1, -0.05) is 43.1 Å². The van der Waals surface area contributed by atoms with Gasteiger partial charge < -0.3 is 10.6 Å². The molecule has 3 amide bonds. The minimum atomic E-state index is -0.432. The molecule has 0 unspecified atom stereocenters. The van der Waals surface area contributed by atoms with Crippen LogP contribution in [0.3, 0.4) is 0 Å². The molecule has 2 aromatic carbocycles. The van der Waals surface area contributed by atoms with Crippen LogP contribution in [0.15, 0.2) is 42.5 Å². The smallest absolute Gasteiger partial charge is 0.321 e. The van der Waals surface area contributed by atoms with Gasteiger partial charge in [0.2, 0.25) is 0 Å². The highest BCUT2D eigenvalue weighted by atomic mass is 35.5. The van der Waals surface area contributed by atoms with E-state index in [4.69, 9.17) is 23.2 Å². The van der Waals surface area contributed by atoms with E-state index >= 15 is 0 Å². The summed E-state index contributed by atoms with van der Waals surface area (Å²) in [6.45, 7) is 5.59. The number of hydrogen-bond acceptors (Lipinski definition) is 2. The number of amides is 3. The lowest BCUT2D eigenvalue weighted by Gasteiger charge is -2.27. The summed E-state index contributed by atoms with van der Waals surface area (Å²) in [6, 6.07) is 12.2. The van der Waals surface area contributed by atoms with E-state index in [1.54, 1.807) is 47.4 Å². The van der Waals surface area contributed by atoms with Crippen LogP contribution in [0.4, 0.5) is 10.5 Å². The SMILES string of the molecule is CC(C)(CNC(=O)c1ccc(N2CCNC2=O)cc1)c1c(Cl)cccc1Cl. The van der Waals surface area contributed by atoms with Crippen LogP contribution in [0.5, 0.6) is 0 Å². The monoisotopic (exact) mass is 405 g/mol. The molecule has 0 atom stereocenters. The van der Waals surface area contributed by atoms with Crippen molar-refractivity contribution in [1.29, 1.82) is 0 Å². The van der Waals surface area contributed by atoms with Crippen molar-refractivity contribution >= 4 is 40.8 Å². The van der Waals surface area contributed by atoms with Crippen LogP contribution in [0.25, 0.3) is 0 Å². The fourth-order valence-electron chi connectivity index (χ4n) is 3.15. The molecular formula is C20H21Cl2N3O2. The van der Waals surface area contributed by atoms with Crippen molar-refractivity contribution in [2.24, 2.45) is 0 Å². The fraction of sp³-hybridized carbons (Fsp3) is 0.300. The van der Waals surface area contributed by atoms with Crippen molar-refractivity contribution in [3.8, 4) is 0 Å². The first-order valence-electron chi connectivity index (χ1n) is 8.68. The van der Waals surface area contributed by atoms with Crippen LogP contribution in [-0.4, -0.2) is 31.6 Å². The molecule has 1 saturated heterocycles. The molecular weight excluding hydrogens is 385 g/mol. The van der Waals surface area contributed by atoms with Gasteiger partial charge >= 0.3 is 6.03 Å². The summed E-state index contributed by atoms with van der Waals surface area (Å²) < 4.78 is 0. The van der Waals surface area contributed by atoms with Crippen molar-refractivity contribution < 1.29 is 9.59 Å². The second-order valence-electron chi connectivity index (χ2n) is 7.09. The van der Waals surface area contributed by atoms with E-state index in [0.29, 0.717) is 35.2 Å². The van der Waals surface area contributed by atoms with Crippen molar-refractivity contribution in [2.45, 2.75) is 19.3 Å². The Balaban J connectivity index is 1.67. The predicted octanol–water partition coefficient (Wildman–Crippen LogP) is 4.23. The van der Waals surface area contributed by atoms with Gasteiger partial charge in [0.05, 0.1) is 0 Å². The molecule has 0 bridgehead atoms. The van der Waals surface area contributed by atoms with Gasteiger partial charge in [0.25, 0.3) is 5.91 Å². The van der Waals surface area contributed by atoms with Gasteiger partial charge in [-0.3, -0.25) is 9.69 Å². The predicted molar refractivity (Wildman–Crippen MR) is 109 cm³/mol. The Morgan fingerprint density at radius 1 is 1.15 bits per heavy atom. The van der Waals surface area contributed by atoms with Crippen LogP contribution < -0.4 is 15.5 Å². The fourth-order valence-corrected chi connectivity index (χ4v) is 4.06. The number of halogens is 2. The van der Waals surface area contributed by atoms with E-state index in [0.717, 1.165) is 11.3 Å². The van der Waals surface area contributed by atoms with Crippen molar-refractivity contribution in [3.63, 3.8) is 0 Å². The largest absolute Gasteiger partial charge is 0.351 e. The van der Waals surface area contributed by atoms with Gasteiger partial charge in [-0.2, -0.15) is 0 Å². The van der Waals surface area contributed by atoms with E-state index in [2.05, 4.69) is 10.6 Å². The molecule has 0 aromatic heterocycles. The van der Waals surface area contributed by atoms with Gasteiger partial charge in [-0.05, 0) is 42.0 Å². The molecule has 0 radical (unpaired) electrons. The third-order valence-electron chi connectivity index (χ3n) is 4.63. The van der Waals surface area contributed by atoms with E-state index in [-0.39, 0.29) is 11.9 Å². The molecule has 7 heteroatoms. The topological polar surface area (TPSA) is 61.4 Å². The maximum Gasteiger partial charge on any atom is 0.321 e. The molecule has 3 rings (SSSR count). The second kappa shape index (κ2) is 7.79. The Bertz CT molecular complexity index is 846. The summed E-state index contributed by atoms with van der Waals surface area (Å²) in [7, 11) is 0. The van der Waals surface area contributed by atoms with Crippen LogP contribution in [0.1, 0.15) is 29.8 Å². The highest BCUT2D eigenvalue weighted by Crippen LogP contribution is 2.35. The minimum absolute atomic E-state index is 0.120. The van der Waals surface area contributed by atoms with Gasteiger partial charge in [0.15, 0.2) is 0 Å². The zero-order valence-corrected chi connectivity index (χ0v) is 16.7. The van der Waals surface area contributed by atoms with Gasteiger partial charge in [0, 0.05) is 46.3 Å². The summed E-state index contributed by atoms with van der Waals surface area (Å²) in [5, 5.41) is 6.85. The Labute approximate surface area is 168 Å². The van der Waals surface area contributed by atoms with Crippen LogP contribution in [0.2, 0.25) is 10.0 Å². The maximum absolute atomic E-state index is 12.5. The molecule has 0 saturated carbocycles. The highest BCUT2D eigenvalue weighted by molar-refractivity contribution is 6.36. The molecule has 1 heterocycles. The Kier molecular flexibility index (Phi) is 5.63. The lowest BCUT2D eigenvalue weighted by Crippen LogP contribution is -2.37. The zero-order valence-electron chi connectivity index (χ0n) is 15.2. The lowest BCUT2D eigenvalue weighted by atomic mass is 9.84. The molecule has 1 fully saturated rings. The normalized spacial score (nSPS) is 14.2. The Morgan fingerprint density at radius 3 is 2.33 bits per heavy atom. The first kappa shape index (κ1) is 19.5. The molecule has 0 aliphatic carbocycles. The number of nitrogens with one attached hydrogen (secondary N) is 2. The standard InChI is InChI=1S/C20H21Cl2N3O2/c1-20(2,17-15(21)4-3-5-16(17)22)12-24-18(26)13-6-8-14(9-7-13)25-11-10-23-19(25)27/h3-9H,10-12H2,1-2H3,(H,23,27)(H,24,26). The second-order valence-corrected chi connectivity index (χ2v) is 7.91. The van der Waals surface area contributed by atoms with Crippen molar-refractivity contribution in [1.82, 2.24) is 10.6 Å². The minimum Gasteiger partial charge on any atom is -0.351 e. The molecule has 0 spiro atoms. The van der Waals surface area contributed by atoms with E-state index < -0.39 is 5.41 Å². The Hall–Kier alpha value is -2.24. The summed E-state index contributed by atoms with van der Waals surface area (Å²) in [5.41, 5.74) is 1.67. The molecule has 5 nitrogen and oxygen atoms in total. The number of anilines is 1. The molecule has 27 heavy (non-hydrogen) atoms. The molecule has 2 aromatic rings. The van der Waals surface area contributed by atoms with Crippen LogP contribution in [-0.2, 0) is 5.41 Å². The van der Waals surface area contributed by atoms with E-state index in [1.165, 1.54) is 0 Å². The molecule has 1 aliphatic rings. The zero-order chi connectivity index (χ0) is 19.6. The van der Waals surface area contributed by atoms with Gasteiger partial charge in [-0.25, -0.2) is 4.79 Å². The maximum atomic E-state index is 12.5. The summed E-state index contributed by atoms with van der Waals surface area (Å²) in [6.07, 6.45) is 0. The van der Waals surface area contributed by atoms with E-state index in [1.807, 2.05) is 13.8 Å². The van der Waals surface area contributed by atoms with Crippen molar-refractivity contribution in [3.05, 3.63) is 63.6 Å². The number of rotatable bonds is 5. The summed E-state index contributed by atoms with van der Waals surface area (Å²) in [4.78, 5) is 25.9. The lowest BCUT2D eigenvalue weighted by molar-refractivity contribution is 0.0945. The number of hydrogen-bond donors (Lipinski definition) is 2. The number of nitrogens with zero attached hydrogens (tertiary/aromatic N) is 1. The van der Waals surface area contributed by atoms with Gasteiger partial charge in [0.1, 0.15) is 0 Å². The number of benzene rings is 2. The van der Waals surface area contributed by atoms with Gasteiger partial charge in [-0.15, -0.1) is 0 Å². The summed E-state index contributed by atoms with van der Waals surface area (Å²) >= 11 is 12.6. The number of urea groups is 1. The highest BCUT2D eigenvalue weighted by Gasteiger charge is 2.27. The quantitative estimate of drug-likeness (QED) is 0.781. The average Bonchev–Trinajstić information content (AvgIpc) is 3.05. The van der Waals surface area contributed by atoms with Crippen LogP contribution >= 0.6 is 23.2 Å². The average molecular weight is 406 g/mol. The third-order valence-corrected chi connectivity index (χ3v) is 5.26. The third kappa shape index (κ3) is 4.20. The molecule has 1 aliphatic heterocycles. The Morgan fingerprint density at radius 2 is 1.78 bits per heavy atom. The number of carbonyl (C=O) groups excluding carboxylic acids is 2. The molecule has 2 N–H and O–H groups in total. The summed E-state index contributed by atoms with van der Waals surface area (Å²) in [5.74, 6) is -0.191.